The monoisotopic (exact) mass is 465 g/mol. The molecule has 0 bridgehead atoms. The molecule has 0 saturated heterocycles. The van der Waals surface area contributed by atoms with Gasteiger partial charge in [0.15, 0.2) is 0 Å². The van der Waals surface area contributed by atoms with Crippen molar-refractivity contribution >= 4 is 11.9 Å². The van der Waals surface area contributed by atoms with Crippen molar-refractivity contribution in [1.82, 2.24) is 4.90 Å². The van der Waals surface area contributed by atoms with Crippen LogP contribution >= 0.6 is 0 Å². The maximum absolute atomic E-state index is 13.4. The summed E-state index contributed by atoms with van der Waals surface area (Å²) in [6.07, 6.45) is 4.49. The van der Waals surface area contributed by atoms with E-state index in [-0.39, 0.29) is 47.1 Å². The molecule has 0 atom stereocenters. The van der Waals surface area contributed by atoms with Crippen LogP contribution in [-0.2, 0) is 17.8 Å². The molecule has 0 heterocycles. The van der Waals surface area contributed by atoms with E-state index in [2.05, 4.69) is 30.9 Å². The molecule has 0 aliphatic rings. The van der Waals surface area contributed by atoms with E-state index in [1.54, 1.807) is 24.3 Å². The maximum atomic E-state index is 13.4. The third-order valence-corrected chi connectivity index (χ3v) is 5.96. The van der Waals surface area contributed by atoms with Crippen LogP contribution in [0.1, 0.15) is 61.0 Å². The number of hydrogen-bond donors (Lipinski definition) is 0. The summed E-state index contributed by atoms with van der Waals surface area (Å²) in [5.74, 6) is -1.01. The normalized spacial score (nSPS) is 10.6. The van der Waals surface area contributed by atoms with Gasteiger partial charge in [0.05, 0.1) is 12.4 Å². The number of carbonyl (C=O) groups excluding carboxylic acids is 2. The minimum atomic E-state index is -1.18. The molecule has 0 aliphatic carbocycles. The molecule has 3 rings (SSSR count). The Hall–Kier alpha value is -2.40. The standard InChI is InChI=1S/C29H33NO3.Na/c1-3-8-27(9-4-2)30(28(31)20-22-10-6-5-7-11-22)21-23-12-14-24(15-13-23)25-16-18-26(19-17-25)29(32)33;/h5-7,10-19,27H,3-4,8-9,20-21H2,1-2H3,(H,32,33);/q;+1/p-1. The van der Waals surface area contributed by atoms with Crippen molar-refractivity contribution in [3.63, 3.8) is 0 Å². The fourth-order valence-electron chi connectivity index (χ4n) is 4.21. The van der Waals surface area contributed by atoms with Gasteiger partial charge in [0.25, 0.3) is 0 Å². The molecule has 172 valence electrons. The zero-order valence-corrected chi connectivity index (χ0v) is 22.5. The molecule has 0 fully saturated rings. The van der Waals surface area contributed by atoms with Crippen LogP contribution in [0.25, 0.3) is 11.1 Å². The molecule has 3 aromatic carbocycles. The summed E-state index contributed by atoms with van der Waals surface area (Å²) in [7, 11) is 0. The molecular formula is C29H32NNaO3. The number of carbonyl (C=O) groups is 2. The van der Waals surface area contributed by atoms with Gasteiger partial charge in [0.2, 0.25) is 5.91 Å². The van der Waals surface area contributed by atoms with Gasteiger partial charge in [-0.15, -0.1) is 0 Å². The smallest absolute Gasteiger partial charge is 0.545 e. The Labute approximate surface area is 225 Å². The van der Waals surface area contributed by atoms with Crippen LogP contribution in [0, 0.1) is 0 Å². The number of hydrogen-bond acceptors (Lipinski definition) is 3. The van der Waals surface area contributed by atoms with Crippen molar-refractivity contribution < 1.29 is 44.3 Å². The van der Waals surface area contributed by atoms with Gasteiger partial charge in [0, 0.05) is 12.6 Å². The fraction of sp³-hybridized carbons (Fsp3) is 0.310. The number of amides is 1. The second kappa shape index (κ2) is 14.1. The predicted molar refractivity (Wildman–Crippen MR) is 131 cm³/mol. The van der Waals surface area contributed by atoms with Crippen molar-refractivity contribution in [3.8, 4) is 11.1 Å². The molecule has 1 amide bonds. The third kappa shape index (κ3) is 7.83. The number of carboxylic acids is 1. The van der Waals surface area contributed by atoms with Gasteiger partial charge in [-0.3, -0.25) is 4.79 Å². The molecule has 34 heavy (non-hydrogen) atoms. The van der Waals surface area contributed by atoms with Gasteiger partial charge in [-0.05, 0) is 40.7 Å². The zero-order valence-electron chi connectivity index (χ0n) is 20.5. The molecule has 0 radical (unpaired) electrons. The SMILES string of the molecule is CCCC(CCC)N(Cc1ccc(-c2ccc(C(=O)[O-])cc2)cc1)C(=O)Cc1ccccc1.[Na+]. The number of nitrogens with zero attached hydrogens (tertiary/aromatic N) is 1. The van der Waals surface area contributed by atoms with Gasteiger partial charge in [-0.1, -0.05) is 106 Å². The summed E-state index contributed by atoms with van der Waals surface area (Å²) in [4.78, 5) is 26.4. The largest absolute Gasteiger partial charge is 1.00 e. The molecule has 5 heteroatoms. The molecule has 0 unspecified atom stereocenters. The first-order valence-corrected chi connectivity index (χ1v) is 11.8. The number of benzene rings is 3. The summed E-state index contributed by atoms with van der Waals surface area (Å²) in [5.41, 5.74) is 4.24. The Bertz CT molecular complexity index is 1030. The first-order valence-electron chi connectivity index (χ1n) is 11.8. The Balaban J connectivity index is 0.00000408. The topological polar surface area (TPSA) is 60.4 Å². The van der Waals surface area contributed by atoms with Gasteiger partial charge in [-0.25, -0.2) is 0 Å². The van der Waals surface area contributed by atoms with E-state index < -0.39 is 5.97 Å². The average Bonchev–Trinajstić information content (AvgIpc) is 2.83. The second-order valence-electron chi connectivity index (χ2n) is 8.48. The van der Waals surface area contributed by atoms with Crippen LogP contribution < -0.4 is 34.7 Å². The number of aromatic carboxylic acids is 1. The van der Waals surface area contributed by atoms with E-state index in [0.29, 0.717) is 13.0 Å². The predicted octanol–water partition coefficient (Wildman–Crippen LogP) is 2.26. The van der Waals surface area contributed by atoms with E-state index in [9.17, 15) is 14.7 Å². The van der Waals surface area contributed by atoms with Crippen LogP contribution in [0.4, 0.5) is 0 Å². The summed E-state index contributed by atoms with van der Waals surface area (Å²) in [6.45, 7) is 4.92. The van der Waals surface area contributed by atoms with Gasteiger partial charge >= 0.3 is 29.6 Å². The summed E-state index contributed by atoms with van der Waals surface area (Å²) >= 11 is 0. The first kappa shape index (κ1) is 27.8. The summed E-state index contributed by atoms with van der Waals surface area (Å²) in [5, 5.41) is 11.0. The summed E-state index contributed by atoms with van der Waals surface area (Å²) in [6, 6.07) is 25.0. The molecule has 0 aliphatic heterocycles. The van der Waals surface area contributed by atoms with Crippen molar-refractivity contribution in [2.45, 2.75) is 58.5 Å². The van der Waals surface area contributed by atoms with Crippen molar-refractivity contribution in [3.05, 3.63) is 95.6 Å². The molecule has 0 aromatic heterocycles. The van der Waals surface area contributed by atoms with E-state index in [1.807, 2.05) is 42.5 Å². The number of carboxylic acid groups (broad SMARTS) is 1. The van der Waals surface area contributed by atoms with E-state index >= 15 is 0 Å². The summed E-state index contributed by atoms with van der Waals surface area (Å²) < 4.78 is 0. The van der Waals surface area contributed by atoms with Gasteiger partial charge in [0.1, 0.15) is 0 Å². The minimum absolute atomic E-state index is 0. The van der Waals surface area contributed by atoms with E-state index in [1.165, 1.54) is 0 Å². The first-order chi connectivity index (χ1) is 16.0. The Kier molecular flexibility index (Phi) is 11.5. The van der Waals surface area contributed by atoms with Gasteiger partial charge < -0.3 is 14.8 Å². The number of rotatable bonds is 11. The molecule has 3 aromatic rings. The molecular weight excluding hydrogens is 433 g/mol. The minimum Gasteiger partial charge on any atom is -0.545 e. The van der Waals surface area contributed by atoms with E-state index in [0.717, 1.165) is 47.9 Å². The Morgan fingerprint density at radius 2 is 1.29 bits per heavy atom. The Morgan fingerprint density at radius 1 is 0.765 bits per heavy atom. The molecule has 0 saturated carbocycles. The van der Waals surface area contributed by atoms with Crippen molar-refractivity contribution in [2.75, 3.05) is 0 Å². The average molecular weight is 466 g/mol. The van der Waals surface area contributed by atoms with Gasteiger partial charge in [-0.2, -0.15) is 0 Å². The molecule has 0 spiro atoms. The second-order valence-corrected chi connectivity index (χ2v) is 8.48. The Morgan fingerprint density at radius 3 is 1.79 bits per heavy atom. The molecule has 4 nitrogen and oxygen atoms in total. The zero-order chi connectivity index (χ0) is 23.6. The molecule has 0 N–H and O–H groups in total. The van der Waals surface area contributed by atoms with Crippen molar-refractivity contribution in [2.24, 2.45) is 0 Å². The van der Waals surface area contributed by atoms with E-state index in [4.69, 9.17) is 0 Å². The fourth-order valence-corrected chi connectivity index (χ4v) is 4.21. The van der Waals surface area contributed by atoms with Crippen molar-refractivity contribution in [1.29, 1.82) is 0 Å². The maximum Gasteiger partial charge on any atom is 1.00 e. The van der Waals surface area contributed by atoms with Crippen LogP contribution in [0.5, 0.6) is 0 Å². The third-order valence-electron chi connectivity index (χ3n) is 5.96. The van der Waals surface area contributed by atoms with Crippen LogP contribution in [0.2, 0.25) is 0 Å². The quantitative estimate of drug-likeness (QED) is 0.408. The van der Waals surface area contributed by atoms with Crippen LogP contribution in [-0.4, -0.2) is 22.8 Å². The van der Waals surface area contributed by atoms with Crippen LogP contribution in [0.3, 0.4) is 0 Å². The van der Waals surface area contributed by atoms with Crippen LogP contribution in [0.15, 0.2) is 78.9 Å².